The minimum atomic E-state index is -1.06. The number of nitrogens with zero attached hydrogens (tertiary/aromatic N) is 1. The molecule has 0 bridgehead atoms. The van der Waals surface area contributed by atoms with Crippen molar-refractivity contribution in [3.05, 3.63) is 48.6 Å². The molecule has 6 heteroatoms. The number of amides is 2. The SMILES string of the molecule is C=CCCC(NC(=O)C1(C)CCCN(C(=O)c2ccccc2)C1)C(=O)O. The highest BCUT2D eigenvalue weighted by Crippen LogP contribution is 2.31. The number of benzene rings is 1. The Balaban J connectivity index is 2.07. The molecule has 0 saturated carbocycles. The zero-order valence-corrected chi connectivity index (χ0v) is 15.1. The molecule has 2 atom stereocenters. The molecule has 2 N–H and O–H groups in total. The molecular formula is C20H26N2O4. The van der Waals surface area contributed by atoms with Crippen molar-refractivity contribution in [1.29, 1.82) is 0 Å². The summed E-state index contributed by atoms with van der Waals surface area (Å²) in [5.41, 5.74) is -0.212. The smallest absolute Gasteiger partial charge is 0.326 e. The van der Waals surface area contributed by atoms with E-state index in [2.05, 4.69) is 11.9 Å². The predicted molar refractivity (Wildman–Crippen MR) is 98.7 cm³/mol. The number of carbonyl (C=O) groups is 3. The fourth-order valence-electron chi connectivity index (χ4n) is 3.24. The molecule has 0 aliphatic carbocycles. The summed E-state index contributed by atoms with van der Waals surface area (Å²) in [5, 5.41) is 11.9. The number of carboxylic acid groups (broad SMARTS) is 1. The summed E-state index contributed by atoms with van der Waals surface area (Å²) in [6.45, 7) is 6.24. The van der Waals surface area contributed by atoms with Gasteiger partial charge in [-0.1, -0.05) is 24.3 Å². The minimum Gasteiger partial charge on any atom is -0.480 e. The summed E-state index contributed by atoms with van der Waals surface area (Å²) >= 11 is 0. The van der Waals surface area contributed by atoms with Gasteiger partial charge in [-0.3, -0.25) is 9.59 Å². The zero-order chi connectivity index (χ0) is 19.2. The Morgan fingerprint density at radius 2 is 2.04 bits per heavy atom. The highest BCUT2D eigenvalue weighted by Gasteiger charge is 2.40. The monoisotopic (exact) mass is 358 g/mol. The zero-order valence-electron chi connectivity index (χ0n) is 15.1. The number of hydrogen-bond acceptors (Lipinski definition) is 3. The van der Waals surface area contributed by atoms with Gasteiger partial charge < -0.3 is 15.3 Å². The Labute approximate surface area is 153 Å². The van der Waals surface area contributed by atoms with E-state index in [-0.39, 0.29) is 18.4 Å². The van der Waals surface area contributed by atoms with Crippen LogP contribution in [-0.2, 0) is 9.59 Å². The molecule has 2 rings (SSSR count). The van der Waals surface area contributed by atoms with Crippen LogP contribution in [0.1, 0.15) is 43.0 Å². The molecule has 1 aliphatic rings. The van der Waals surface area contributed by atoms with Crippen LogP contribution in [0.4, 0.5) is 0 Å². The average molecular weight is 358 g/mol. The van der Waals surface area contributed by atoms with Gasteiger partial charge in [-0.25, -0.2) is 4.79 Å². The maximum absolute atomic E-state index is 12.8. The van der Waals surface area contributed by atoms with Crippen molar-refractivity contribution in [3.63, 3.8) is 0 Å². The average Bonchev–Trinajstić information content (AvgIpc) is 2.64. The molecule has 26 heavy (non-hydrogen) atoms. The van der Waals surface area contributed by atoms with Crippen molar-refractivity contribution in [2.45, 2.75) is 38.6 Å². The Bertz CT molecular complexity index is 674. The lowest BCUT2D eigenvalue weighted by Gasteiger charge is -2.39. The van der Waals surface area contributed by atoms with E-state index in [0.29, 0.717) is 37.8 Å². The topological polar surface area (TPSA) is 86.7 Å². The summed E-state index contributed by atoms with van der Waals surface area (Å²) in [4.78, 5) is 38.5. The van der Waals surface area contributed by atoms with Crippen LogP contribution in [0.25, 0.3) is 0 Å². The molecule has 140 valence electrons. The van der Waals surface area contributed by atoms with E-state index in [9.17, 15) is 19.5 Å². The van der Waals surface area contributed by atoms with Gasteiger partial charge in [-0.15, -0.1) is 6.58 Å². The van der Waals surface area contributed by atoms with Crippen LogP contribution in [-0.4, -0.2) is 46.9 Å². The van der Waals surface area contributed by atoms with Gasteiger partial charge in [0.25, 0.3) is 5.91 Å². The summed E-state index contributed by atoms with van der Waals surface area (Å²) in [5.74, 6) is -1.48. The maximum atomic E-state index is 12.8. The number of rotatable bonds is 7. The fourth-order valence-corrected chi connectivity index (χ4v) is 3.24. The van der Waals surface area contributed by atoms with Gasteiger partial charge >= 0.3 is 5.97 Å². The van der Waals surface area contributed by atoms with Gasteiger partial charge in [-0.05, 0) is 44.7 Å². The molecule has 2 amide bonds. The Hall–Kier alpha value is -2.63. The summed E-state index contributed by atoms with van der Waals surface area (Å²) in [7, 11) is 0. The first kappa shape index (κ1) is 19.7. The van der Waals surface area contributed by atoms with Crippen molar-refractivity contribution in [3.8, 4) is 0 Å². The van der Waals surface area contributed by atoms with Crippen molar-refractivity contribution in [2.75, 3.05) is 13.1 Å². The second kappa shape index (κ2) is 8.65. The molecule has 1 saturated heterocycles. The van der Waals surface area contributed by atoms with Crippen LogP contribution in [0.15, 0.2) is 43.0 Å². The number of likely N-dealkylation sites (tertiary alicyclic amines) is 1. The van der Waals surface area contributed by atoms with Gasteiger partial charge in [0.1, 0.15) is 6.04 Å². The lowest BCUT2D eigenvalue weighted by molar-refractivity contribution is -0.144. The second-order valence-corrected chi connectivity index (χ2v) is 6.99. The van der Waals surface area contributed by atoms with Crippen molar-refractivity contribution < 1.29 is 19.5 Å². The fraction of sp³-hybridized carbons (Fsp3) is 0.450. The van der Waals surface area contributed by atoms with Crippen LogP contribution in [0.2, 0.25) is 0 Å². The van der Waals surface area contributed by atoms with E-state index in [1.807, 2.05) is 6.07 Å². The van der Waals surface area contributed by atoms with E-state index in [0.717, 1.165) is 0 Å². The number of allylic oxidation sites excluding steroid dienone is 1. The predicted octanol–water partition coefficient (Wildman–Crippen LogP) is 2.46. The van der Waals surface area contributed by atoms with Gasteiger partial charge in [0.15, 0.2) is 0 Å². The third-order valence-corrected chi connectivity index (χ3v) is 4.82. The van der Waals surface area contributed by atoms with Crippen molar-refractivity contribution >= 4 is 17.8 Å². The van der Waals surface area contributed by atoms with Crippen LogP contribution in [0, 0.1) is 5.41 Å². The Kier molecular flexibility index (Phi) is 6.55. The van der Waals surface area contributed by atoms with E-state index in [4.69, 9.17) is 0 Å². The van der Waals surface area contributed by atoms with Crippen molar-refractivity contribution in [2.24, 2.45) is 5.41 Å². The molecule has 1 aromatic rings. The van der Waals surface area contributed by atoms with Crippen LogP contribution >= 0.6 is 0 Å². The highest BCUT2D eigenvalue weighted by atomic mass is 16.4. The van der Waals surface area contributed by atoms with Crippen LogP contribution in [0.5, 0.6) is 0 Å². The standard InChI is InChI=1S/C20H26N2O4/c1-3-4-11-16(18(24)25)21-19(26)20(2)12-8-13-22(14-20)17(23)15-9-6-5-7-10-15/h3,5-7,9-10,16H,1,4,8,11-14H2,2H3,(H,21,26)(H,24,25). The number of piperidine rings is 1. The molecule has 0 aromatic heterocycles. The molecule has 1 heterocycles. The van der Waals surface area contributed by atoms with Crippen LogP contribution < -0.4 is 5.32 Å². The van der Waals surface area contributed by atoms with E-state index >= 15 is 0 Å². The largest absolute Gasteiger partial charge is 0.480 e. The van der Waals surface area contributed by atoms with Gasteiger partial charge in [-0.2, -0.15) is 0 Å². The molecule has 2 unspecified atom stereocenters. The summed E-state index contributed by atoms with van der Waals surface area (Å²) in [6.07, 6.45) is 3.75. The number of aliphatic carboxylic acids is 1. The number of nitrogens with one attached hydrogen (secondary N) is 1. The molecule has 1 aliphatic heterocycles. The molecule has 1 fully saturated rings. The van der Waals surface area contributed by atoms with Gasteiger partial charge in [0, 0.05) is 18.7 Å². The molecule has 6 nitrogen and oxygen atoms in total. The second-order valence-electron chi connectivity index (χ2n) is 6.99. The third-order valence-electron chi connectivity index (χ3n) is 4.82. The molecular weight excluding hydrogens is 332 g/mol. The van der Waals surface area contributed by atoms with Crippen molar-refractivity contribution in [1.82, 2.24) is 10.2 Å². The highest BCUT2D eigenvalue weighted by molar-refractivity contribution is 5.95. The first-order valence-corrected chi connectivity index (χ1v) is 8.86. The molecule has 0 radical (unpaired) electrons. The summed E-state index contributed by atoms with van der Waals surface area (Å²) in [6, 6.07) is 8.02. The van der Waals surface area contributed by atoms with E-state index in [1.165, 1.54) is 0 Å². The first-order chi connectivity index (χ1) is 12.4. The third kappa shape index (κ3) is 4.71. The Morgan fingerprint density at radius 3 is 2.65 bits per heavy atom. The number of hydrogen-bond donors (Lipinski definition) is 2. The lowest BCUT2D eigenvalue weighted by atomic mass is 9.80. The Morgan fingerprint density at radius 1 is 1.35 bits per heavy atom. The molecule has 0 spiro atoms. The normalized spacial score (nSPS) is 20.9. The quantitative estimate of drug-likeness (QED) is 0.733. The summed E-state index contributed by atoms with van der Waals surface area (Å²) < 4.78 is 0. The number of carboxylic acids is 1. The van der Waals surface area contributed by atoms with E-state index < -0.39 is 17.4 Å². The van der Waals surface area contributed by atoms with Crippen LogP contribution in [0.3, 0.4) is 0 Å². The lowest BCUT2D eigenvalue weighted by Crippen LogP contribution is -2.54. The van der Waals surface area contributed by atoms with E-state index in [1.54, 1.807) is 42.2 Å². The maximum Gasteiger partial charge on any atom is 0.326 e. The first-order valence-electron chi connectivity index (χ1n) is 8.86. The van der Waals surface area contributed by atoms with Gasteiger partial charge in [0.05, 0.1) is 5.41 Å². The molecule has 1 aromatic carbocycles. The van der Waals surface area contributed by atoms with Gasteiger partial charge in [0.2, 0.25) is 5.91 Å². The minimum absolute atomic E-state index is 0.106. The number of carbonyl (C=O) groups excluding carboxylic acids is 2.